The molecule has 6 nitrogen and oxygen atoms in total. The Morgan fingerprint density at radius 1 is 1.46 bits per heavy atom. The maximum Gasteiger partial charge on any atom is 0.277 e. The van der Waals surface area contributed by atoms with Gasteiger partial charge in [-0.25, -0.2) is 4.39 Å². The first-order valence-corrected chi connectivity index (χ1v) is 8.43. The number of hydrogen-bond acceptors (Lipinski definition) is 6. The van der Waals surface area contributed by atoms with E-state index in [-0.39, 0.29) is 34.5 Å². The van der Waals surface area contributed by atoms with Gasteiger partial charge in [-0.2, -0.15) is 5.26 Å². The monoisotopic (exact) mass is 346 g/mol. The highest BCUT2D eigenvalue weighted by molar-refractivity contribution is 7.99. The molecule has 8 heteroatoms. The molecule has 1 aromatic heterocycles. The highest BCUT2D eigenvalue weighted by atomic mass is 32.2. The molecule has 1 atom stereocenters. The quantitative estimate of drug-likeness (QED) is 0.809. The topological polar surface area (TPSA) is 91.8 Å². The number of hydrogen-bond donors (Lipinski definition) is 1. The molecule has 0 bridgehead atoms. The van der Waals surface area contributed by atoms with E-state index in [2.05, 4.69) is 21.6 Å². The van der Waals surface area contributed by atoms with Gasteiger partial charge in [0.15, 0.2) is 0 Å². The minimum atomic E-state index is -0.814. The zero-order valence-corrected chi connectivity index (χ0v) is 13.8. The third-order valence-electron chi connectivity index (χ3n) is 3.85. The molecule has 3 rings (SSSR count). The van der Waals surface area contributed by atoms with Crippen molar-refractivity contribution in [1.82, 2.24) is 15.5 Å². The summed E-state index contributed by atoms with van der Waals surface area (Å²) in [7, 11) is 0. The lowest BCUT2D eigenvalue weighted by Gasteiger charge is -2.22. The summed E-state index contributed by atoms with van der Waals surface area (Å²) in [6.45, 7) is 1.74. The molecule has 1 saturated carbocycles. The van der Waals surface area contributed by atoms with Crippen molar-refractivity contribution in [3.63, 3.8) is 0 Å². The van der Waals surface area contributed by atoms with Crippen molar-refractivity contribution in [2.24, 2.45) is 5.92 Å². The molecular weight excluding hydrogens is 331 g/mol. The summed E-state index contributed by atoms with van der Waals surface area (Å²) < 4.78 is 18.4. The van der Waals surface area contributed by atoms with E-state index in [0.29, 0.717) is 5.56 Å². The highest BCUT2D eigenvalue weighted by Crippen LogP contribution is 2.39. The van der Waals surface area contributed by atoms with Crippen LogP contribution in [-0.2, 0) is 4.79 Å². The van der Waals surface area contributed by atoms with Crippen LogP contribution in [0.25, 0.3) is 11.5 Å². The van der Waals surface area contributed by atoms with Gasteiger partial charge in [-0.05, 0) is 49.9 Å². The van der Waals surface area contributed by atoms with Crippen LogP contribution in [0.2, 0.25) is 0 Å². The molecule has 0 radical (unpaired) electrons. The van der Waals surface area contributed by atoms with E-state index in [0.717, 1.165) is 24.6 Å². The molecule has 2 aromatic rings. The summed E-state index contributed by atoms with van der Waals surface area (Å²) in [4.78, 5) is 12.0. The highest BCUT2D eigenvalue weighted by Gasteiger charge is 2.42. The second kappa shape index (κ2) is 6.61. The number of nitriles is 1. The average Bonchev–Trinajstić information content (AvgIpc) is 3.33. The molecule has 1 aliphatic carbocycles. The number of nitrogens with zero attached hydrogens (tertiary/aromatic N) is 3. The molecular formula is C16H15FN4O2S. The Balaban J connectivity index is 1.56. The minimum Gasteiger partial charge on any atom is -0.411 e. The zero-order valence-electron chi connectivity index (χ0n) is 13.0. The fourth-order valence-corrected chi connectivity index (χ4v) is 2.88. The molecule has 0 saturated heterocycles. The number of rotatable bonds is 6. The van der Waals surface area contributed by atoms with Crippen LogP contribution in [-0.4, -0.2) is 27.4 Å². The van der Waals surface area contributed by atoms with Gasteiger partial charge in [0.25, 0.3) is 5.22 Å². The van der Waals surface area contributed by atoms with Crippen molar-refractivity contribution in [3.8, 4) is 17.5 Å². The number of aromatic nitrogens is 2. The molecule has 0 aliphatic heterocycles. The summed E-state index contributed by atoms with van der Waals surface area (Å²) in [6.07, 6.45) is 1.92. The first-order valence-electron chi connectivity index (χ1n) is 7.45. The maximum atomic E-state index is 12.9. The predicted octanol–water partition coefficient (Wildman–Crippen LogP) is 2.78. The van der Waals surface area contributed by atoms with E-state index < -0.39 is 5.54 Å². The molecule has 1 fully saturated rings. The summed E-state index contributed by atoms with van der Waals surface area (Å²) in [6, 6.07) is 7.87. The second-order valence-corrected chi connectivity index (χ2v) is 6.73. The number of thioether (sulfide) groups is 1. The van der Waals surface area contributed by atoms with Gasteiger partial charge >= 0.3 is 0 Å². The lowest BCUT2D eigenvalue weighted by Crippen LogP contribution is -2.47. The van der Waals surface area contributed by atoms with E-state index >= 15 is 0 Å². The molecule has 0 unspecified atom stereocenters. The van der Waals surface area contributed by atoms with Crippen LogP contribution >= 0.6 is 11.8 Å². The molecule has 124 valence electrons. The lowest BCUT2D eigenvalue weighted by molar-refractivity contribution is -0.119. The number of carbonyl (C=O) groups excluding carboxylic acids is 1. The largest absolute Gasteiger partial charge is 0.411 e. The fraction of sp³-hybridized carbons (Fsp3) is 0.375. The van der Waals surface area contributed by atoms with Crippen molar-refractivity contribution in [1.29, 1.82) is 5.26 Å². The number of benzene rings is 1. The van der Waals surface area contributed by atoms with Gasteiger partial charge in [0.05, 0.1) is 11.8 Å². The van der Waals surface area contributed by atoms with Gasteiger partial charge in [0.1, 0.15) is 11.4 Å². The summed E-state index contributed by atoms with van der Waals surface area (Å²) in [5.74, 6) is -0.0319. The van der Waals surface area contributed by atoms with Crippen molar-refractivity contribution in [2.75, 3.05) is 5.75 Å². The molecule has 1 aliphatic rings. The van der Waals surface area contributed by atoms with Gasteiger partial charge in [-0.3, -0.25) is 4.79 Å². The minimum absolute atomic E-state index is 0.0784. The van der Waals surface area contributed by atoms with E-state index in [9.17, 15) is 14.4 Å². The van der Waals surface area contributed by atoms with Crippen LogP contribution in [0.4, 0.5) is 4.39 Å². The van der Waals surface area contributed by atoms with Gasteiger partial charge in [0.2, 0.25) is 11.8 Å². The van der Waals surface area contributed by atoms with Crippen LogP contribution in [0.5, 0.6) is 0 Å². The molecule has 24 heavy (non-hydrogen) atoms. The van der Waals surface area contributed by atoms with Gasteiger partial charge in [-0.15, -0.1) is 10.2 Å². The fourth-order valence-electron chi connectivity index (χ4n) is 2.31. The number of amides is 1. The molecule has 1 amide bonds. The molecule has 1 heterocycles. The normalized spacial score (nSPS) is 16.2. The van der Waals surface area contributed by atoms with Crippen LogP contribution in [0, 0.1) is 23.1 Å². The SMILES string of the molecule is C[C@](C#N)(NC(=O)CSc1nnc(-c2ccc(F)cc2)o1)C1CC1. The third-order valence-corrected chi connectivity index (χ3v) is 4.67. The smallest absolute Gasteiger partial charge is 0.277 e. The Bertz CT molecular complexity index is 782. The van der Waals surface area contributed by atoms with Gasteiger partial charge in [-0.1, -0.05) is 11.8 Å². The Kier molecular flexibility index (Phi) is 4.53. The number of nitrogens with one attached hydrogen (secondary N) is 1. The Morgan fingerprint density at radius 3 is 2.79 bits per heavy atom. The first-order chi connectivity index (χ1) is 11.5. The Hall–Kier alpha value is -2.40. The molecule has 0 spiro atoms. The lowest BCUT2D eigenvalue weighted by atomic mass is 9.98. The average molecular weight is 346 g/mol. The van der Waals surface area contributed by atoms with E-state index in [1.807, 2.05) is 0 Å². The Morgan fingerprint density at radius 2 is 2.17 bits per heavy atom. The summed E-state index contributed by atoms with van der Waals surface area (Å²) >= 11 is 1.09. The van der Waals surface area contributed by atoms with Crippen LogP contribution in [0.1, 0.15) is 19.8 Å². The van der Waals surface area contributed by atoms with E-state index in [1.54, 1.807) is 6.92 Å². The summed E-state index contributed by atoms with van der Waals surface area (Å²) in [5, 5.41) is 20.0. The van der Waals surface area contributed by atoms with E-state index in [4.69, 9.17) is 4.42 Å². The van der Waals surface area contributed by atoms with Crippen molar-refractivity contribution < 1.29 is 13.6 Å². The summed E-state index contributed by atoms with van der Waals surface area (Å²) in [5.41, 5.74) is -0.211. The molecule has 1 aromatic carbocycles. The third kappa shape index (κ3) is 3.74. The van der Waals surface area contributed by atoms with Crippen molar-refractivity contribution in [2.45, 2.75) is 30.5 Å². The standard InChI is InChI=1S/C16H15FN4O2S/c1-16(9-18,11-4-5-11)19-13(22)8-24-15-21-20-14(23-15)10-2-6-12(17)7-3-10/h2-3,6-7,11H,4-5,8H2,1H3,(H,19,22)/t16-/m1/s1. The number of carbonyl (C=O) groups is 1. The van der Waals surface area contributed by atoms with E-state index in [1.165, 1.54) is 24.3 Å². The zero-order chi connectivity index (χ0) is 17.2. The van der Waals surface area contributed by atoms with Crippen LogP contribution in [0.15, 0.2) is 33.9 Å². The molecule has 1 N–H and O–H groups in total. The van der Waals surface area contributed by atoms with Crippen LogP contribution in [0.3, 0.4) is 0 Å². The Labute approximate surface area is 142 Å². The second-order valence-electron chi connectivity index (χ2n) is 5.81. The van der Waals surface area contributed by atoms with Gasteiger partial charge in [0, 0.05) is 5.56 Å². The number of halogens is 1. The van der Waals surface area contributed by atoms with Crippen LogP contribution < -0.4 is 5.32 Å². The maximum absolute atomic E-state index is 12.9. The van der Waals surface area contributed by atoms with Crippen molar-refractivity contribution >= 4 is 17.7 Å². The first kappa shape index (κ1) is 16.5. The predicted molar refractivity (Wildman–Crippen MR) is 85.3 cm³/mol. The van der Waals surface area contributed by atoms with Crippen molar-refractivity contribution in [3.05, 3.63) is 30.1 Å². The van der Waals surface area contributed by atoms with Gasteiger partial charge < -0.3 is 9.73 Å².